The van der Waals surface area contributed by atoms with Gasteiger partial charge in [-0.25, -0.2) is 4.98 Å². The average Bonchev–Trinajstić information content (AvgIpc) is 2.81. The third-order valence-corrected chi connectivity index (χ3v) is 3.61. The summed E-state index contributed by atoms with van der Waals surface area (Å²) in [6.07, 6.45) is 3.51. The van der Waals surface area contributed by atoms with Gasteiger partial charge in [-0.15, -0.1) is 0 Å². The van der Waals surface area contributed by atoms with E-state index in [2.05, 4.69) is 16.4 Å². The molecule has 0 radical (unpaired) electrons. The lowest BCUT2D eigenvalue weighted by Crippen LogP contribution is -2.12. The van der Waals surface area contributed by atoms with Gasteiger partial charge in [0, 0.05) is 11.9 Å². The number of fused-ring (bicyclic) bond motifs is 1. The van der Waals surface area contributed by atoms with E-state index in [0.717, 1.165) is 24.3 Å². The van der Waals surface area contributed by atoms with Gasteiger partial charge in [0.05, 0.1) is 11.6 Å². The van der Waals surface area contributed by atoms with Crippen LogP contribution in [0.1, 0.15) is 33.9 Å². The average molecular weight is 268 g/mol. The Hall–Kier alpha value is -2.56. The molecule has 0 bridgehead atoms. The fourth-order valence-corrected chi connectivity index (χ4v) is 2.59. The normalized spacial score (nSPS) is 16.7. The first-order chi connectivity index (χ1) is 9.63. The van der Waals surface area contributed by atoms with Crippen molar-refractivity contribution >= 4 is 17.4 Å². The van der Waals surface area contributed by atoms with Crippen LogP contribution < -0.4 is 16.8 Å². The fraction of sp³-hybridized carbons (Fsp3) is 0.200. The number of amides is 1. The highest BCUT2D eigenvalue weighted by Crippen LogP contribution is 2.34. The third kappa shape index (κ3) is 2.30. The first kappa shape index (κ1) is 12.5. The molecule has 1 aliphatic rings. The lowest BCUT2D eigenvalue weighted by Gasteiger charge is -2.15. The standard InChI is InChI=1S/C15H16N4O/c16-11-3-4-12-9(7-11)1-5-13(12)19-14-6-2-10(8-18-14)15(17)20/h2-4,6-8,13H,1,5,16H2,(H2,17,20)(H,18,19). The van der Waals surface area contributed by atoms with Crippen LogP contribution in [-0.2, 0) is 6.42 Å². The Balaban J connectivity index is 1.78. The zero-order valence-electron chi connectivity index (χ0n) is 11.0. The predicted octanol–water partition coefficient (Wildman–Crippen LogP) is 1.86. The Kier molecular flexibility index (Phi) is 3.02. The summed E-state index contributed by atoms with van der Waals surface area (Å²) in [6.45, 7) is 0. The van der Waals surface area contributed by atoms with Crippen molar-refractivity contribution in [3.8, 4) is 0 Å². The second kappa shape index (κ2) is 4.85. The number of hydrogen-bond acceptors (Lipinski definition) is 4. The van der Waals surface area contributed by atoms with E-state index in [0.29, 0.717) is 5.56 Å². The molecule has 0 saturated heterocycles. The molecule has 0 aliphatic heterocycles. The van der Waals surface area contributed by atoms with E-state index < -0.39 is 5.91 Å². The second-order valence-electron chi connectivity index (χ2n) is 4.99. The Morgan fingerprint density at radius 2 is 2.15 bits per heavy atom. The van der Waals surface area contributed by atoms with Crippen LogP contribution in [0.15, 0.2) is 36.5 Å². The summed E-state index contributed by atoms with van der Waals surface area (Å²) in [6, 6.07) is 9.69. The molecule has 1 amide bonds. The third-order valence-electron chi connectivity index (χ3n) is 3.61. The molecule has 20 heavy (non-hydrogen) atoms. The number of carbonyl (C=O) groups is 1. The maximum atomic E-state index is 11.0. The van der Waals surface area contributed by atoms with Crippen molar-refractivity contribution < 1.29 is 4.79 Å². The monoisotopic (exact) mass is 268 g/mol. The lowest BCUT2D eigenvalue weighted by molar-refractivity contribution is 0.1000. The van der Waals surface area contributed by atoms with E-state index in [4.69, 9.17) is 11.5 Å². The highest BCUT2D eigenvalue weighted by molar-refractivity contribution is 5.92. The maximum absolute atomic E-state index is 11.0. The van der Waals surface area contributed by atoms with Crippen LogP contribution in [0.2, 0.25) is 0 Å². The number of nitrogens with zero attached hydrogens (tertiary/aromatic N) is 1. The van der Waals surface area contributed by atoms with Gasteiger partial charge in [0.1, 0.15) is 5.82 Å². The number of pyridine rings is 1. The van der Waals surface area contributed by atoms with Crippen LogP contribution in [0.4, 0.5) is 11.5 Å². The first-order valence-electron chi connectivity index (χ1n) is 6.54. The van der Waals surface area contributed by atoms with Gasteiger partial charge in [-0.2, -0.15) is 0 Å². The highest BCUT2D eigenvalue weighted by atomic mass is 16.1. The van der Waals surface area contributed by atoms with Crippen LogP contribution in [-0.4, -0.2) is 10.9 Å². The Bertz CT molecular complexity index is 651. The molecule has 1 aliphatic carbocycles. The summed E-state index contributed by atoms with van der Waals surface area (Å²) >= 11 is 0. The number of aryl methyl sites for hydroxylation is 1. The molecular formula is C15H16N4O. The van der Waals surface area contributed by atoms with Crippen LogP contribution in [0.3, 0.4) is 0 Å². The number of aromatic nitrogens is 1. The molecule has 0 fully saturated rings. The van der Waals surface area contributed by atoms with Gasteiger partial charge >= 0.3 is 0 Å². The predicted molar refractivity (Wildman–Crippen MR) is 78.3 cm³/mol. The number of benzene rings is 1. The zero-order valence-corrected chi connectivity index (χ0v) is 11.0. The van der Waals surface area contributed by atoms with Crippen LogP contribution >= 0.6 is 0 Å². The summed E-state index contributed by atoms with van der Waals surface area (Å²) in [5.74, 6) is 0.274. The van der Waals surface area contributed by atoms with Crippen molar-refractivity contribution in [2.75, 3.05) is 11.1 Å². The van der Waals surface area contributed by atoms with Gasteiger partial charge in [0.15, 0.2) is 0 Å². The van der Waals surface area contributed by atoms with Gasteiger partial charge in [-0.3, -0.25) is 4.79 Å². The molecule has 3 rings (SSSR count). The van der Waals surface area contributed by atoms with Crippen molar-refractivity contribution in [1.82, 2.24) is 4.98 Å². The topological polar surface area (TPSA) is 94.0 Å². The molecule has 1 aromatic heterocycles. The van der Waals surface area contributed by atoms with E-state index >= 15 is 0 Å². The first-order valence-corrected chi connectivity index (χ1v) is 6.54. The maximum Gasteiger partial charge on any atom is 0.250 e. The van der Waals surface area contributed by atoms with Crippen molar-refractivity contribution in [2.24, 2.45) is 5.73 Å². The Morgan fingerprint density at radius 3 is 2.85 bits per heavy atom. The zero-order chi connectivity index (χ0) is 14.1. The number of nitrogens with two attached hydrogens (primary N) is 2. The number of carbonyl (C=O) groups excluding carboxylic acids is 1. The highest BCUT2D eigenvalue weighted by Gasteiger charge is 2.22. The van der Waals surface area contributed by atoms with Crippen molar-refractivity contribution in [1.29, 1.82) is 0 Å². The Morgan fingerprint density at radius 1 is 1.30 bits per heavy atom. The molecule has 1 unspecified atom stereocenters. The van der Waals surface area contributed by atoms with E-state index in [-0.39, 0.29) is 6.04 Å². The molecule has 5 N–H and O–H groups in total. The summed E-state index contributed by atoms with van der Waals surface area (Å²) in [7, 11) is 0. The van der Waals surface area contributed by atoms with Crippen molar-refractivity contribution in [3.05, 3.63) is 53.2 Å². The molecule has 1 aromatic carbocycles. The minimum Gasteiger partial charge on any atom is -0.399 e. The van der Waals surface area contributed by atoms with Crippen molar-refractivity contribution in [3.63, 3.8) is 0 Å². The molecular weight excluding hydrogens is 252 g/mol. The molecule has 5 nitrogen and oxygen atoms in total. The molecule has 0 saturated carbocycles. The molecule has 0 spiro atoms. The van der Waals surface area contributed by atoms with Gasteiger partial charge < -0.3 is 16.8 Å². The van der Waals surface area contributed by atoms with E-state index in [1.807, 2.05) is 12.1 Å². The molecule has 1 atom stereocenters. The minimum atomic E-state index is -0.467. The molecule has 1 heterocycles. The van der Waals surface area contributed by atoms with Gasteiger partial charge in [0.2, 0.25) is 5.91 Å². The Labute approximate surface area is 117 Å². The summed E-state index contributed by atoms with van der Waals surface area (Å²) in [5, 5.41) is 3.38. The van der Waals surface area contributed by atoms with Crippen LogP contribution in [0.5, 0.6) is 0 Å². The fourth-order valence-electron chi connectivity index (χ4n) is 2.59. The number of nitrogens with one attached hydrogen (secondary N) is 1. The molecule has 5 heteroatoms. The number of primary amides is 1. The number of nitrogen functional groups attached to an aromatic ring is 1. The summed E-state index contributed by atoms with van der Waals surface area (Å²) in [5.41, 5.74) is 14.8. The van der Waals surface area contributed by atoms with Crippen LogP contribution in [0, 0.1) is 0 Å². The lowest BCUT2D eigenvalue weighted by atomic mass is 10.1. The summed E-state index contributed by atoms with van der Waals surface area (Å²) in [4.78, 5) is 15.2. The minimum absolute atomic E-state index is 0.234. The van der Waals surface area contributed by atoms with E-state index in [1.54, 1.807) is 12.1 Å². The van der Waals surface area contributed by atoms with E-state index in [1.165, 1.54) is 17.3 Å². The smallest absolute Gasteiger partial charge is 0.250 e. The van der Waals surface area contributed by atoms with E-state index in [9.17, 15) is 4.79 Å². The van der Waals surface area contributed by atoms with Gasteiger partial charge in [-0.05, 0) is 48.2 Å². The van der Waals surface area contributed by atoms with Gasteiger partial charge in [-0.1, -0.05) is 6.07 Å². The number of anilines is 2. The van der Waals surface area contributed by atoms with Gasteiger partial charge in [0.25, 0.3) is 0 Å². The van der Waals surface area contributed by atoms with Crippen molar-refractivity contribution in [2.45, 2.75) is 18.9 Å². The number of hydrogen-bond donors (Lipinski definition) is 3. The molecule has 102 valence electrons. The largest absolute Gasteiger partial charge is 0.399 e. The number of rotatable bonds is 3. The SMILES string of the molecule is NC(=O)c1ccc(NC2CCc3cc(N)ccc32)nc1. The second-order valence-corrected chi connectivity index (χ2v) is 4.99. The molecule has 2 aromatic rings. The van der Waals surface area contributed by atoms with Crippen LogP contribution in [0.25, 0.3) is 0 Å². The quantitative estimate of drug-likeness (QED) is 0.741. The summed E-state index contributed by atoms with van der Waals surface area (Å²) < 4.78 is 0.